The molecule has 2 aromatic heterocycles. The first kappa shape index (κ1) is 17.4. The number of benzene rings is 1. The van der Waals surface area contributed by atoms with Gasteiger partial charge in [0, 0.05) is 49.9 Å². The van der Waals surface area contributed by atoms with Crippen LogP contribution in [0.3, 0.4) is 0 Å². The van der Waals surface area contributed by atoms with Crippen molar-refractivity contribution in [2.45, 2.75) is 6.18 Å². The van der Waals surface area contributed by atoms with E-state index in [9.17, 15) is 18.0 Å². The van der Waals surface area contributed by atoms with Gasteiger partial charge in [-0.2, -0.15) is 13.2 Å². The van der Waals surface area contributed by atoms with E-state index in [4.69, 9.17) is 0 Å². The first-order valence-electron chi connectivity index (χ1n) is 8.57. The monoisotopic (exact) mass is 374 g/mol. The maximum atomic E-state index is 12.8. The molecule has 1 aliphatic heterocycles. The number of hydrogen-bond acceptors (Lipinski definition) is 4. The summed E-state index contributed by atoms with van der Waals surface area (Å²) in [5.74, 6) is 1.52. The van der Waals surface area contributed by atoms with Crippen LogP contribution in [0.2, 0.25) is 0 Å². The molecule has 1 saturated heterocycles. The van der Waals surface area contributed by atoms with Crippen molar-refractivity contribution in [1.29, 1.82) is 0 Å². The van der Waals surface area contributed by atoms with Crippen molar-refractivity contribution < 1.29 is 13.2 Å². The fraction of sp³-hybridized carbons (Fsp3) is 0.263. The van der Waals surface area contributed by atoms with Crippen LogP contribution in [0.25, 0.3) is 10.9 Å². The number of hydrogen-bond donors (Lipinski definition) is 1. The van der Waals surface area contributed by atoms with Crippen LogP contribution in [0.4, 0.5) is 24.8 Å². The molecule has 0 radical (unpaired) electrons. The standard InChI is InChI=1S/C19H17F3N4O/c20-19(21,22)14-2-3-16-13(11-14)1-4-17(24-16)25-7-9-26(10-8-25)18-12-15(27)5-6-23-18/h1-6,11-12H,7-10H2,(H,23,27). The molecule has 5 nitrogen and oxygen atoms in total. The van der Waals surface area contributed by atoms with E-state index in [2.05, 4.69) is 19.8 Å². The lowest BCUT2D eigenvalue weighted by molar-refractivity contribution is -0.137. The minimum atomic E-state index is -4.36. The van der Waals surface area contributed by atoms with Gasteiger partial charge in [-0.15, -0.1) is 0 Å². The summed E-state index contributed by atoms with van der Waals surface area (Å²) in [6, 6.07) is 10.1. The van der Waals surface area contributed by atoms with E-state index >= 15 is 0 Å². The Kier molecular flexibility index (Phi) is 4.25. The Balaban J connectivity index is 1.51. The van der Waals surface area contributed by atoms with Gasteiger partial charge in [-0.05, 0) is 30.3 Å². The number of fused-ring (bicyclic) bond motifs is 1. The number of halogens is 3. The zero-order valence-corrected chi connectivity index (χ0v) is 14.3. The van der Waals surface area contributed by atoms with Crippen molar-refractivity contribution in [3.63, 3.8) is 0 Å². The van der Waals surface area contributed by atoms with Gasteiger partial charge in [-0.25, -0.2) is 4.98 Å². The molecule has 140 valence electrons. The van der Waals surface area contributed by atoms with Crippen LogP contribution in [0.5, 0.6) is 0 Å². The SMILES string of the molecule is O=c1cc[nH]c(N2CCN(c3ccc4cc(C(F)(F)F)ccc4n3)CC2)c1. The van der Waals surface area contributed by atoms with E-state index in [1.807, 2.05) is 0 Å². The minimum Gasteiger partial charge on any atom is -0.355 e. The zero-order chi connectivity index (χ0) is 19.0. The summed E-state index contributed by atoms with van der Waals surface area (Å²) in [5, 5.41) is 0.467. The Labute approximate surface area is 153 Å². The molecule has 8 heteroatoms. The Morgan fingerprint density at radius 2 is 1.67 bits per heavy atom. The predicted molar refractivity (Wildman–Crippen MR) is 98.2 cm³/mol. The number of piperazine rings is 1. The number of aromatic nitrogens is 2. The van der Waals surface area contributed by atoms with E-state index in [1.165, 1.54) is 12.1 Å². The quantitative estimate of drug-likeness (QED) is 0.748. The highest BCUT2D eigenvalue weighted by Gasteiger charge is 2.30. The number of anilines is 2. The first-order chi connectivity index (χ1) is 12.9. The Morgan fingerprint density at radius 1 is 0.926 bits per heavy atom. The highest BCUT2D eigenvalue weighted by atomic mass is 19.4. The average molecular weight is 374 g/mol. The zero-order valence-electron chi connectivity index (χ0n) is 14.3. The van der Waals surface area contributed by atoms with Crippen LogP contribution in [0.1, 0.15) is 5.56 Å². The van der Waals surface area contributed by atoms with Crippen molar-refractivity contribution in [1.82, 2.24) is 9.97 Å². The number of nitrogens with one attached hydrogen (secondary N) is 1. The van der Waals surface area contributed by atoms with Gasteiger partial charge in [-0.3, -0.25) is 4.79 Å². The molecule has 0 atom stereocenters. The summed E-state index contributed by atoms with van der Waals surface area (Å²) in [4.78, 5) is 23.3. The summed E-state index contributed by atoms with van der Waals surface area (Å²) >= 11 is 0. The van der Waals surface area contributed by atoms with Crippen molar-refractivity contribution >= 4 is 22.5 Å². The molecule has 0 unspecified atom stereocenters. The summed E-state index contributed by atoms with van der Waals surface area (Å²) in [6.45, 7) is 2.84. The summed E-state index contributed by atoms with van der Waals surface area (Å²) < 4.78 is 38.5. The van der Waals surface area contributed by atoms with Gasteiger partial charge in [0.2, 0.25) is 0 Å². The number of aromatic amines is 1. The molecular weight excluding hydrogens is 357 g/mol. The smallest absolute Gasteiger partial charge is 0.355 e. The van der Waals surface area contributed by atoms with Crippen LogP contribution >= 0.6 is 0 Å². The van der Waals surface area contributed by atoms with Crippen LogP contribution < -0.4 is 15.2 Å². The van der Waals surface area contributed by atoms with Gasteiger partial charge < -0.3 is 14.8 Å². The molecule has 1 aromatic carbocycles. The third-order valence-electron chi connectivity index (χ3n) is 4.70. The van der Waals surface area contributed by atoms with E-state index in [1.54, 1.807) is 24.4 Å². The Bertz CT molecular complexity index is 1020. The van der Waals surface area contributed by atoms with Crippen molar-refractivity contribution in [2.24, 2.45) is 0 Å². The molecule has 1 fully saturated rings. The first-order valence-corrected chi connectivity index (χ1v) is 8.57. The number of rotatable bonds is 2. The van der Waals surface area contributed by atoms with Gasteiger partial charge in [0.1, 0.15) is 11.6 Å². The summed E-state index contributed by atoms with van der Waals surface area (Å²) in [7, 11) is 0. The van der Waals surface area contributed by atoms with Gasteiger partial charge in [0.05, 0.1) is 11.1 Å². The molecule has 0 aliphatic carbocycles. The van der Waals surface area contributed by atoms with E-state index in [0.717, 1.165) is 23.8 Å². The molecule has 1 N–H and O–H groups in total. The predicted octanol–water partition coefficient (Wildman–Crippen LogP) is 3.27. The van der Waals surface area contributed by atoms with Gasteiger partial charge in [-0.1, -0.05) is 0 Å². The van der Waals surface area contributed by atoms with Crippen LogP contribution in [-0.2, 0) is 6.18 Å². The molecule has 27 heavy (non-hydrogen) atoms. The topological polar surface area (TPSA) is 52.2 Å². The molecule has 0 spiro atoms. The van der Waals surface area contributed by atoms with Crippen molar-refractivity contribution in [3.05, 3.63) is 64.4 Å². The Morgan fingerprint density at radius 3 is 2.37 bits per heavy atom. The lowest BCUT2D eigenvalue weighted by Crippen LogP contribution is -2.47. The van der Waals surface area contributed by atoms with E-state index < -0.39 is 11.7 Å². The second-order valence-corrected chi connectivity index (χ2v) is 6.46. The third kappa shape index (κ3) is 3.60. The van der Waals surface area contributed by atoms with Gasteiger partial charge >= 0.3 is 6.18 Å². The molecule has 0 amide bonds. The summed E-state index contributed by atoms with van der Waals surface area (Å²) in [5.41, 5.74) is -0.175. The molecule has 3 heterocycles. The molecule has 1 aliphatic rings. The van der Waals surface area contributed by atoms with Gasteiger partial charge in [0.25, 0.3) is 0 Å². The van der Waals surface area contributed by atoms with E-state index in [0.29, 0.717) is 37.1 Å². The highest BCUT2D eigenvalue weighted by Crippen LogP contribution is 2.31. The Hall–Kier alpha value is -3.03. The molecular formula is C19H17F3N4O. The van der Waals surface area contributed by atoms with Crippen molar-refractivity contribution in [3.8, 4) is 0 Å². The number of H-pyrrole nitrogens is 1. The average Bonchev–Trinajstić information content (AvgIpc) is 2.66. The normalized spacial score (nSPS) is 15.4. The molecule has 0 saturated carbocycles. The van der Waals surface area contributed by atoms with Crippen molar-refractivity contribution in [2.75, 3.05) is 36.0 Å². The summed E-state index contributed by atoms with van der Waals surface area (Å²) in [6.07, 6.45) is -2.73. The molecule has 0 bridgehead atoms. The number of nitrogens with zero attached hydrogens (tertiary/aromatic N) is 3. The maximum Gasteiger partial charge on any atom is 0.416 e. The fourth-order valence-electron chi connectivity index (χ4n) is 3.26. The molecule has 3 aromatic rings. The minimum absolute atomic E-state index is 0.0411. The second-order valence-electron chi connectivity index (χ2n) is 6.46. The third-order valence-corrected chi connectivity index (χ3v) is 4.70. The van der Waals surface area contributed by atoms with E-state index in [-0.39, 0.29) is 5.43 Å². The van der Waals surface area contributed by atoms with Crippen LogP contribution in [0.15, 0.2) is 53.5 Å². The number of alkyl halides is 3. The maximum absolute atomic E-state index is 12.8. The van der Waals surface area contributed by atoms with Crippen LogP contribution in [-0.4, -0.2) is 36.1 Å². The number of pyridine rings is 2. The van der Waals surface area contributed by atoms with Gasteiger partial charge in [0.15, 0.2) is 5.43 Å². The van der Waals surface area contributed by atoms with Crippen LogP contribution in [0, 0.1) is 0 Å². The fourth-order valence-corrected chi connectivity index (χ4v) is 3.26. The largest absolute Gasteiger partial charge is 0.416 e. The molecule has 4 rings (SSSR count). The highest BCUT2D eigenvalue weighted by molar-refractivity contribution is 5.81. The lowest BCUT2D eigenvalue weighted by Gasteiger charge is -2.36. The lowest BCUT2D eigenvalue weighted by atomic mass is 10.1. The second kappa shape index (κ2) is 6.61.